The van der Waals surface area contributed by atoms with E-state index in [1.54, 1.807) is 22.9 Å². The van der Waals surface area contributed by atoms with Crippen LogP contribution in [0.1, 0.15) is 0 Å². The van der Waals surface area contributed by atoms with Crippen molar-refractivity contribution in [2.24, 2.45) is 0 Å². The summed E-state index contributed by atoms with van der Waals surface area (Å²) in [7, 11) is 3.93. The third-order valence-electron chi connectivity index (χ3n) is 3.84. The molecule has 0 aliphatic rings. The van der Waals surface area contributed by atoms with Crippen LogP contribution >= 0.6 is 0 Å². The number of hydrogen-bond acceptors (Lipinski definition) is 4. The summed E-state index contributed by atoms with van der Waals surface area (Å²) in [6, 6.07) is 15.4. The number of nitrogens with zero attached hydrogens (tertiary/aromatic N) is 2. The van der Waals surface area contributed by atoms with Crippen molar-refractivity contribution in [3.63, 3.8) is 0 Å². The van der Waals surface area contributed by atoms with Gasteiger partial charge in [-0.05, 0) is 29.8 Å². The fourth-order valence-electron chi connectivity index (χ4n) is 2.52. The summed E-state index contributed by atoms with van der Waals surface area (Å²) in [6.45, 7) is 0. The van der Waals surface area contributed by atoms with Crippen molar-refractivity contribution in [3.8, 4) is 28.4 Å². The van der Waals surface area contributed by atoms with Gasteiger partial charge >= 0.3 is 0 Å². The van der Waals surface area contributed by atoms with Gasteiger partial charge < -0.3 is 19.7 Å². The predicted octanol–water partition coefficient (Wildman–Crippen LogP) is 2.98. The molecule has 122 valence electrons. The van der Waals surface area contributed by atoms with Crippen molar-refractivity contribution >= 4 is 5.69 Å². The molecule has 0 saturated heterocycles. The quantitative estimate of drug-likeness (QED) is 0.728. The molecule has 0 aliphatic carbocycles. The van der Waals surface area contributed by atoms with E-state index < -0.39 is 0 Å². The molecule has 3 aromatic rings. The zero-order chi connectivity index (χ0) is 17.3. The topological polar surface area (TPSA) is 65.7 Å². The van der Waals surface area contributed by atoms with Gasteiger partial charge in [0.2, 0.25) is 0 Å². The van der Waals surface area contributed by atoms with E-state index in [1.165, 1.54) is 18.2 Å². The number of aromatic hydroxyl groups is 2. The van der Waals surface area contributed by atoms with Gasteiger partial charge in [0.25, 0.3) is 0 Å². The molecule has 0 unspecified atom stereocenters. The molecule has 24 heavy (non-hydrogen) atoms. The molecule has 2 aromatic carbocycles. The molecule has 0 aliphatic heterocycles. The van der Waals surface area contributed by atoms with Gasteiger partial charge in [0.05, 0.1) is 5.69 Å². The number of anilines is 1. The number of pyridine rings is 1. The van der Waals surface area contributed by atoms with E-state index >= 15 is 0 Å². The van der Waals surface area contributed by atoms with Crippen molar-refractivity contribution in [2.75, 3.05) is 19.0 Å². The first-order valence-corrected chi connectivity index (χ1v) is 7.48. The summed E-state index contributed by atoms with van der Waals surface area (Å²) in [5, 5.41) is 19.2. The molecule has 3 rings (SSSR count). The summed E-state index contributed by atoms with van der Waals surface area (Å²) in [6.07, 6.45) is 1.66. The molecule has 0 radical (unpaired) electrons. The minimum atomic E-state index is -0.208. The molecule has 5 heteroatoms. The number of rotatable bonds is 3. The summed E-state index contributed by atoms with van der Waals surface area (Å²) in [4.78, 5) is 13.8. The van der Waals surface area contributed by atoms with E-state index in [0.29, 0.717) is 11.4 Å². The second-order valence-corrected chi connectivity index (χ2v) is 5.73. The van der Waals surface area contributed by atoms with Crippen molar-refractivity contribution in [1.29, 1.82) is 0 Å². The van der Waals surface area contributed by atoms with Gasteiger partial charge in [-0.15, -0.1) is 0 Å². The van der Waals surface area contributed by atoms with Crippen LogP contribution in [0.2, 0.25) is 0 Å². The Bertz CT molecular complexity index is 928. The second kappa shape index (κ2) is 6.12. The van der Waals surface area contributed by atoms with Crippen LogP contribution in [0.3, 0.4) is 0 Å². The van der Waals surface area contributed by atoms with Gasteiger partial charge in [0, 0.05) is 49.9 Å². The van der Waals surface area contributed by atoms with Gasteiger partial charge in [-0.25, -0.2) is 0 Å². The Morgan fingerprint density at radius 1 is 0.875 bits per heavy atom. The maximum absolute atomic E-state index is 11.8. The van der Waals surface area contributed by atoms with Gasteiger partial charge in [-0.2, -0.15) is 0 Å². The molecule has 0 saturated carbocycles. The first kappa shape index (κ1) is 15.7. The molecule has 0 fully saturated rings. The Morgan fingerprint density at radius 3 is 2.21 bits per heavy atom. The normalized spacial score (nSPS) is 10.6. The highest BCUT2D eigenvalue weighted by Gasteiger charge is 2.09. The maximum Gasteiger partial charge on any atom is 0.182 e. The van der Waals surface area contributed by atoms with Crippen molar-refractivity contribution in [1.82, 2.24) is 4.57 Å². The highest BCUT2D eigenvalue weighted by Crippen LogP contribution is 2.29. The maximum atomic E-state index is 11.8. The lowest BCUT2D eigenvalue weighted by atomic mass is 10.1. The third kappa shape index (κ3) is 2.96. The first-order chi connectivity index (χ1) is 11.5. The van der Waals surface area contributed by atoms with Crippen molar-refractivity contribution in [3.05, 3.63) is 71.0 Å². The molecular weight excluding hydrogens is 304 g/mol. The minimum Gasteiger partial charge on any atom is -0.504 e. The van der Waals surface area contributed by atoms with E-state index in [4.69, 9.17) is 0 Å². The fourth-order valence-corrected chi connectivity index (χ4v) is 2.52. The zero-order valence-electron chi connectivity index (χ0n) is 13.5. The van der Waals surface area contributed by atoms with Crippen LogP contribution in [0.15, 0.2) is 65.6 Å². The summed E-state index contributed by atoms with van der Waals surface area (Å²) in [5.74, 6) is -0.392. The van der Waals surface area contributed by atoms with Crippen LogP contribution in [0, 0.1) is 0 Å². The van der Waals surface area contributed by atoms with Crippen LogP contribution in [-0.4, -0.2) is 28.9 Å². The molecule has 0 spiro atoms. The largest absolute Gasteiger partial charge is 0.504 e. The molecule has 1 heterocycles. The predicted molar refractivity (Wildman–Crippen MR) is 95.1 cm³/mol. The van der Waals surface area contributed by atoms with Gasteiger partial charge in [0.1, 0.15) is 0 Å². The Balaban J connectivity index is 2.15. The SMILES string of the molecule is CN(C)c1ccc(-c2cc(=O)ccn2-c2ccc(O)c(O)c2)cc1. The lowest BCUT2D eigenvalue weighted by molar-refractivity contribution is 0.403. The van der Waals surface area contributed by atoms with Crippen LogP contribution in [-0.2, 0) is 0 Å². The standard InChI is InChI=1S/C19H18N2O3/c1-20(2)14-5-3-13(4-6-14)17-12-16(22)9-10-21(17)15-7-8-18(23)19(24)11-15/h3-12,23-24H,1-2H3. The highest BCUT2D eigenvalue weighted by molar-refractivity contribution is 5.66. The van der Waals surface area contributed by atoms with E-state index in [-0.39, 0.29) is 16.9 Å². The lowest BCUT2D eigenvalue weighted by Crippen LogP contribution is -2.09. The Morgan fingerprint density at radius 2 is 1.58 bits per heavy atom. The Hall–Kier alpha value is -3.21. The molecule has 2 N–H and O–H groups in total. The number of hydrogen-bond donors (Lipinski definition) is 2. The van der Waals surface area contributed by atoms with E-state index in [1.807, 2.05) is 43.3 Å². The van der Waals surface area contributed by atoms with Gasteiger partial charge in [0.15, 0.2) is 16.9 Å². The molecule has 0 bridgehead atoms. The van der Waals surface area contributed by atoms with Gasteiger partial charge in [-0.1, -0.05) is 12.1 Å². The minimum absolute atomic E-state index is 0.0964. The van der Waals surface area contributed by atoms with Crippen molar-refractivity contribution < 1.29 is 10.2 Å². The van der Waals surface area contributed by atoms with Gasteiger partial charge in [-0.3, -0.25) is 4.79 Å². The van der Waals surface area contributed by atoms with E-state index in [0.717, 1.165) is 11.3 Å². The first-order valence-electron chi connectivity index (χ1n) is 7.48. The molecule has 5 nitrogen and oxygen atoms in total. The monoisotopic (exact) mass is 322 g/mol. The molecule has 0 atom stereocenters. The molecule has 1 aromatic heterocycles. The third-order valence-corrected chi connectivity index (χ3v) is 3.84. The fraction of sp³-hybridized carbons (Fsp3) is 0.105. The van der Waals surface area contributed by atoms with Crippen molar-refractivity contribution in [2.45, 2.75) is 0 Å². The average molecular weight is 322 g/mol. The lowest BCUT2D eigenvalue weighted by Gasteiger charge is -2.16. The summed E-state index contributed by atoms with van der Waals surface area (Å²) in [5.41, 5.74) is 3.20. The Kier molecular flexibility index (Phi) is 4.00. The van der Waals surface area contributed by atoms with E-state index in [2.05, 4.69) is 0 Å². The summed E-state index contributed by atoms with van der Waals surface area (Å²) >= 11 is 0. The number of benzene rings is 2. The summed E-state index contributed by atoms with van der Waals surface area (Å²) < 4.78 is 1.80. The zero-order valence-corrected chi connectivity index (χ0v) is 13.5. The smallest absolute Gasteiger partial charge is 0.182 e. The van der Waals surface area contributed by atoms with Crippen LogP contribution < -0.4 is 10.3 Å². The van der Waals surface area contributed by atoms with Crippen LogP contribution in [0.25, 0.3) is 16.9 Å². The van der Waals surface area contributed by atoms with Crippen LogP contribution in [0.4, 0.5) is 5.69 Å². The number of phenols is 2. The van der Waals surface area contributed by atoms with Crippen LogP contribution in [0.5, 0.6) is 11.5 Å². The Labute approximate surface area is 139 Å². The highest BCUT2D eigenvalue weighted by atomic mass is 16.3. The van der Waals surface area contributed by atoms with E-state index in [9.17, 15) is 15.0 Å². The molecular formula is C19H18N2O3. The average Bonchev–Trinajstić information content (AvgIpc) is 2.57. The second-order valence-electron chi connectivity index (χ2n) is 5.73. The molecule has 0 amide bonds. The number of phenolic OH excluding ortho intramolecular Hbond substituents is 2. The number of aromatic nitrogens is 1.